The van der Waals surface area contributed by atoms with Crippen molar-refractivity contribution in [1.29, 1.82) is 0 Å². The quantitative estimate of drug-likeness (QED) is 0.732. The van der Waals surface area contributed by atoms with Gasteiger partial charge in [-0.3, -0.25) is 0 Å². The van der Waals surface area contributed by atoms with Crippen molar-refractivity contribution in [3.05, 3.63) is 9.97 Å². The number of hydrogen-bond donors (Lipinski definition) is 2. The molecule has 0 bridgehead atoms. The Hall–Kier alpha value is 0.620. The zero-order valence-corrected chi connectivity index (χ0v) is 7.44. The third kappa shape index (κ3) is 79.7. The molecule has 0 saturated carbocycles. The normalized spacial score (nSPS) is 7.00. The van der Waals surface area contributed by atoms with Crippen LogP contribution in [0.4, 0.5) is 0 Å². The van der Waals surface area contributed by atoms with Crippen LogP contribution in [0, 0.1) is 0 Å². The first-order chi connectivity index (χ1) is 3.65. The number of halogens is 2. The van der Waals surface area contributed by atoms with E-state index >= 15 is 0 Å². The molecule has 0 rings (SSSR count). The Morgan fingerprint density at radius 2 is 1.38 bits per heavy atom. The van der Waals surface area contributed by atoms with Gasteiger partial charge in [0, 0.05) is 0 Å². The second kappa shape index (κ2) is 10.6. The monoisotopic (exact) mass is 246 g/mol. The molecule has 0 aliphatic rings. The summed E-state index contributed by atoms with van der Waals surface area (Å²) < 4.78 is 0.792. The van der Waals surface area contributed by atoms with E-state index < -0.39 is 0 Å². The summed E-state index contributed by atoms with van der Waals surface area (Å²) in [7, 11) is 0. The first kappa shape index (κ1) is 11.4. The Kier molecular flexibility index (Phi) is 15.1. The molecule has 2 nitrogen and oxygen atoms in total. The van der Waals surface area contributed by atoms with Gasteiger partial charge < -0.3 is 10.2 Å². The lowest BCUT2D eigenvalue weighted by atomic mass is 10.8. The van der Waals surface area contributed by atoms with E-state index in [1.807, 2.05) is 0 Å². The van der Waals surface area contributed by atoms with E-state index in [-0.39, 0.29) is 13.2 Å². The van der Waals surface area contributed by atoms with Gasteiger partial charge in [-0.1, -0.05) is 6.58 Å². The van der Waals surface area contributed by atoms with Crippen LogP contribution in [0.2, 0.25) is 0 Å². The van der Waals surface area contributed by atoms with Crippen LogP contribution in [0.3, 0.4) is 0 Å². The van der Waals surface area contributed by atoms with Crippen LogP contribution in [0.15, 0.2) is 9.97 Å². The van der Waals surface area contributed by atoms with Gasteiger partial charge in [0.05, 0.1) is 16.6 Å². The maximum Gasteiger partial charge on any atom is 0.0662 e. The fourth-order valence-corrected chi connectivity index (χ4v) is 0. The molecule has 0 unspecified atom stereocenters. The lowest BCUT2D eigenvalue weighted by Gasteiger charge is -1.70. The topological polar surface area (TPSA) is 40.5 Å². The molecule has 0 aliphatic heterocycles. The smallest absolute Gasteiger partial charge is 0.0662 e. The second-order valence-corrected chi connectivity index (χ2v) is 3.76. The first-order valence-corrected chi connectivity index (χ1v) is 3.45. The molecule has 0 amide bonds. The van der Waals surface area contributed by atoms with E-state index in [0.717, 1.165) is 3.39 Å². The molecule has 0 aromatic heterocycles. The van der Waals surface area contributed by atoms with Crippen molar-refractivity contribution >= 4 is 31.9 Å². The van der Waals surface area contributed by atoms with E-state index in [4.69, 9.17) is 10.2 Å². The summed E-state index contributed by atoms with van der Waals surface area (Å²) in [4.78, 5) is 0. The predicted octanol–water partition coefficient (Wildman–Crippen LogP) is 1.22. The summed E-state index contributed by atoms with van der Waals surface area (Å²) in [5.41, 5.74) is 0. The fraction of sp³-hybridized carbons (Fsp3) is 0.500. The lowest BCUT2D eigenvalue weighted by Crippen LogP contribution is -1.85. The van der Waals surface area contributed by atoms with Crippen LogP contribution in [-0.4, -0.2) is 23.4 Å². The molecule has 0 aromatic carbocycles. The van der Waals surface area contributed by atoms with E-state index in [1.165, 1.54) is 0 Å². The van der Waals surface area contributed by atoms with Gasteiger partial charge in [-0.05, 0) is 31.9 Å². The van der Waals surface area contributed by atoms with Crippen LogP contribution in [0.1, 0.15) is 0 Å². The highest BCUT2D eigenvalue weighted by molar-refractivity contribution is 9.28. The molecule has 0 radical (unpaired) electrons. The van der Waals surface area contributed by atoms with Crippen molar-refractivity contribution < 1.29 is 10.2 Å². The minimum absolute atomic E-state index is 0.125. The van der Waals surface area contributed by atoms with Gasteiger partial charge in [0.2, 0.25) is 0 Å². The van der Waals surface area contributed by atoms with Gasteiger partial charge in [-0.15, -0.1) is 0 Å². The fourth-order valence-electron chi connectivity index (χ4n) is 0. The van der Waals surface area contributed by atoms with Crippen LogP contribution >= 0.6 is 31.9 Å². The Morgan fingerprint density at radius 1 is 1.25 bits per heavy atom. The minimum Gasteiger partial charge on any atom is -0.394 e. The Morgan fingerprint density at radius 3 is 1.38 bits per heavy atom. The zero-order chi connectivity index (χ0) is 6.99. The molecule has 8 heavy (non-hydrogen) atoms. The molecule has 0 saturated heterocycles. The lowest BCUT2D eigenvalue weighted by molar-refractivity contribution is 0.186. The predicted molar refractivity (Wildman–Crippen MR) is 41.2 cm³/mol. The molecular formula is C4H8Br2O2. The maximum absolute atomic E-state index is 7.62. The van der Waals surface area contributed by atoms with Crippen molar-refractivity contribution in [1.82, 2.24) is 0 Å². The summed E-state index contributed by atoms with van der Waals surface area (Å²) in [5, 5.41) is 15.2. The Labute approximate surface area is 65.5 Å². The average Bonchev–Trinajstić information content (AvgIpc) is 1.65. The number of aliphatic hydroxyl groups is 2. The van der Waals surface area contributed by atoms with Gasteiger partial charge in [-0.2, -0.15) is 0 Å². The van der Waals surface area contributed by atoms with Gasteiger partial charge >= 0.3 is 0 Å². The summed E-state index contributed by atoms with van der Waals surface area (Å²) in [6.45, 7) is 3.14. The Balaban J connectivity index is 0. The summed E-state index contributed by atoms with van der Waals surface area (Å²) in [6.07, 6.45) is 0. The van der Waals surface area contributed by atoms with Gasteiger partial charge in [0.25, 0.3) is 0 Å². The molecule has 2 N–H and O–H groups in total. The van der Waals surface area contributed by atoms with E-state index in [2.05, 4.69) is 38.4 Å². The van der Waals surface area contributed by atoms with Crippen molar-refractivity contribution in [2.75, 3.05) is 13.2 Å². The van der Waals surface area contributed by atoms with Gasteiger partial charge in [-0.25, -0.2) is 0 Å². The van der Waals surface area contributed by atoms with Crippen LogP contribution in [0.5, 0.6) is 0 Å². The van der Waals surface area contributed by atoms with Gasteiger partial charge in [0.1, 0.15) is 0 Å². The number of rotatable bonds is 1. The summed E-state index contributed by atoms with van der Waals surface area (Å²) in [5.74, 6) is 0. The molecule has 0 fully saturated rings. The molecule has 0 aromatic rings. The van der Waals surface area contributed by atoms with Crippen molar-refractivity contribution in [3.8, 4) is 0 Å². The highest BCUT2D eigenvalue weighted by Crippen LogP contribution is 2.06. The first-order valence-electron chi connectivity index (χ1n) is 1.86. The molecule has 50 valence electrons. The molecule has 0 spiro atoms. The third-order valence-corrected chi connectivity index (χ3v) is 0.1000. The highest BCUT2D eigenvalue weighted by Gasteiger charge is 1.59. The van der Waals surface area contributed by atoms with Crippen molar-refractivity contribution in [3.63, 3.8) is 0 Å². The maximum atomic E-state index is 7.62. The molecule has 0 atom stereocenters. The summed E-state index contributed by atoms with van der Waals surface area (Å²) in [6, 6.07) is 0. The minimum atomic E-state index is -0.125. The summed E-state index contributed by atoms with van der Waals surface area (Å²) >= 11 is 5.99. The van der Waals surface area contributed by atoms with E-state index in [1.54, 1.807) is 0 Å². The highest BCUT2D eigenvalue weighted by atomic mass is 79.9. The van der Waals surface area contributed by atoms with Crippen molar-refractivity contribution in [2.45, 2.75) is 0 Å². The van der Waals surface area contributed by atoms with Crippen LogP contribution < -0.4 is 0 Å². The third-order valence-electron chi connectivity index (χ3n) is 0.1000. The van der Waals surface area contributed by atoms with E-state index in [9.17, 15) is 0 Å². The Bertz CT molecular complexity index is 50.0. The molecular weight excluding hydrogens is 240 g/mol. The van der Waals surface area contributed by atoms with Gasteiger partial charge in [0.15, 0.2) is 0 Å². The SMILES string of the molecule is C=C(Br)Br.OCCO. The molecule has 0 heterocycles. The largest absolute Gasteiger partial charge is 0.394 e. The standard InChI is InChI=1S/C2H2Br2.C2H6O2/c1-2(3)4;3-1-2-4/h1H2;3-4H,1-2H2. The molecule has 4 heteroatoms. The zero-order valence-electron chi connectivity index (χ0n) is 4.27. The van der Waals surface area contributed by atoms with Crippen LogP contribution in [-0.2, 0) is 0 Å². The molecule has 0 aliphatic carbocycles. The van der Waals surface area contributed by atoms with Crippen molar-refractivity contribution in [2.24, 2.45) is 0 Å². The van der Waals surface area contributed by atoms with E-state index in [0.29, 0.717) is 0 Å². The van der Waals surface area contributed by atoms with Crippen LogP contribution in [0.25, 0.3) is 0 Å². The second-order valence-electron chi connectivity index (χ2n) is 0.786. The average molecular weight is 248 g/mol. The number of aliphatic hydroxyl groups excluding tert-OH is 2. The number of hydrogen-bond acceptors (Lipinski definition) is 2.